The van der Waals surface area contributed by atoms with Gasteiger partial charge in [-0.2, -0.15) is 15.1 Å². The molecule has 1 aromatic heterocycles. The average molecular weight is 453 g/mol. The summed E-state index contributed by atoms with van der Waals surface area (Å²) in [7, 11) is 2.13. The minimum atomic E-state index is -0.243. The van der Waals surface area contributed by atoms with Gasteiger partial charge < -0.3 is 15.1 Å². The number of hydrogen-bond donors (Lipinski definition) is 2. The van der Waals surface area contributed by atoms with Gasteiger partial charge in [-0.25, -0.2) is 4.39 Å². The Morgan fingerprint density at radius 3 is 2.55 bits per heavy atom. The summed E-state index contributed by atoms with van der Waals surface area (Å²) in [5, 5.41) is 10.7. The van der Waals surface area contributed by atoms with Crippen molar-refractivity contribution in [2.45, 2.75) is 39.7 Å². The number of benzene rings is 1. The van der Waals surface area contributed by atoms with Crippen molar-refractivity contribution in [3.63, 3.8) is 0 Å². The summed E-state index contributed by atoms with van der Waals surface area (Å²) < 4.78 is 13.4. The monoisotopic (exact) mass is 452 g/mol. The first-order valence-corrected chi connectivity index (χ1v) is 11.6. The van der Waals surface area contributed by atoms with E-state index in [4.69, 9.17) is 15.0 Å². The van der Waals surface area contributed by atoms with Crippen LogP contribution in [0.15, 0.2) is 45.3 Å². The topological polar surface area (TPSA) is 84.3 Å². The zero-order valence-corrected chi connectivity index (χ0v) is 19.8. The first kappa shape index (κ1) is 23.1. The van der Waals surface area contributed by atoms with Crippen LogP contribution in [-0.2, 0) is 0 Å². The molecule has 33 heavy (non-hydrogen) atoms. The molecule has 2 unspecified atom stereocenters. The van der Waals surface area contributed by atoms with E-state index in [0.29, 0.717) is 12.4 Å². The highest BCUT2D eigenvalue weighted by Gasteiger charge is 2.26. The third-order valence-electron chi connectivity index (χ3n) is 6.19. The summed E-state index contributed by atoms with van der Waals surface area (Å²) in [6.45, 7) is 9.80. The molecule has 176 valence electrons. The van der Waals surface area contributed by atoms with Gasteiger partial charge >= 0.3 is 0 Å². The van der Waals surface area contributed by atoms with Crippen LogP contribution >= 0.6 is 0 Å². The summed E-state index contributed by atoms with van der Waals surface area (Å²) in [5.74, 6) is 2.95. The smallest absolute Gasteiger partial charge is 0.228 e. The maximum Gasteiger partial charge on any atom is 0.228 e. The third kappa shape index (κ3) is 5.84. The number of aliphatic imine (C=N–C) groups is 3. The Hall–Kier alpha value is -3.07. The molecule has 2 aliphatic rings. The molecule has 8 nitrogen and oxygen atoms in total. The fraction of sp³-hybridized carbons (Fsp3) is 0.500. The van der Waals surface area contributed by atoms with E-state index in [1.807, 2.05) is 19.9 Å². The van der Waals surface area contributed by atoms with Crippen molar-refractivity contribution >= 4 is 23.4 Å². The van der Waals surface area contributed by atoms with Crippen LogP contribution in [0.25, 0.3) is 0 Å². The van der Waals surface area contributed by atoms with Gasteiger partial charge in [0.05, 0.1) is 6.04 Å². The van der Waals surface area contributed by atoms with Crippen LogP contribution in [0, 0.1) is 18.7 Å². The van der Waals surface area contributed by atoms with Gasteiger partial charge in [-0.3, -0.25) is 10.1 Å². The zero-order chi connectivity index (χ0) is 23.4. The van der Waals surface area contributed by atoms with Crippen LogP contribution in [0.2, 0.25) is 0 Å². The highest BCUT2D eigenvalue weighted by Crippen LogP contribution is 2.24. The summed E-state index contributed by atoms with van der Waals surface area (Å²) in [4.78, 5) is 19.5. The molecular formula is C24H33FN8. The largest absolute Gasteiger partial charge is 0.338 e. The van der Waals surface area contributed by atoms with Crippen molar-refractivity contribution in [1.29, 1.82) is 0 Å². The summed E-state index contributed by atoms with van der Waals surface area (Å²) in [5.41, 5.74) is 1.95. The predicted molar refractivity (Wildman–Crippen MR) is 132 cm³/mol. The highest BCUT2D eigenvalue weighted by molar-refractivity contribution is 6.10. The normalized spacial score (nSPS) is 22.0. The summed E-state index contributed by atoms with van der Waals surface area (Å²) >= 11 is 0. The first-order valence-electron chi connectivity index (χ1n) is 11.6. The van der Waals surface area contributed by atoms with Crippen LogP contribution < -0.4 is 5.32 Å². The number of aromatic amines is 1. The average Bonchev–Trinajstić information content (AvgIpc) is 3.12. The van der Waals surface area contributed by atoms with Crippen LogP contribution in [0.4, 0.5) is 10.2 Å². The Labute approximate surface area is 194 Å². The van der Waals surface area contributed by atoms with E-state index < -0.39 is 0 Å². The number of nitrogens with zero attached hydrogens (tertiary/aromatic N) is 6. The van der Waals surface area contributed by atoms with E-state index in [-0.39, 0.29) is 17.8 Å². The number of piperazine rings is 1. The maximum atomic E-state index is 13.4. The number of hydrogen-bond acceptors (Lipinski definition) is 6. The van der Waals surface area contributed by atoms with Crippen molar-refractivity contribution in [1.82, 2.24) is 20.0 Å². The van der Waals surface area contributed by atoms with Crippen LogP contribution in [0.1, 0.15) is 44.0 Å². The van der Waals surface area contributed by atoms with Gasteiger partial charge in [-0.15, -0.1) is 0 Å². The Balaban J connectivity index is 1.66. The molecule has 0 aliphatic carbocycles. The fourth-order valence-corrected chi connectivity index (χ4v) is 4.04. The molecule has 3 heterocycles. The quantitative estimate of drug-likeness (QED) is 0.738. The molecule has 0 saturated carbocycles. The second kappa shape index (κ2) is 10.2. The van der Waals surface area contributed by atoms with Crippen molar-refractivity contribution < 1.29 is 4.39 Å². The van der Waals surface area contributed by atoms with Gasteiger partial charge in [0.15, 0.2) is 5.82 Å². The maximum absolute atomic E-state index is 13.4. The minimum absolute atomic E-state index is 0.115. The molecule has 9 heteroatoms. The molecule has 2 aromatic rings. The van der Waals surface area contributed by atoms with Gasteiger partial charge in [0.1, 0.15) is 17.5 Å². The van der Waals surface area contributed by atoms with Gasteiger partial charge in [0.2, 0.25) is 5.96 Å². The number of amidine groups is 2. The molecule has 2 aliphatic heterocycles. The molecule has 1 saturated heterocycles. The molecule has 4 rings (SSSR count). The number of anilines is 1. The number of aryl methyl sites for hydroxylation is 1. The molecule has 0 amide bonds. The van der Waals surface area contributed by atoms with Gasteiger partial charge in [0, 0.05) is 50.3 Å². The number of likely N-dealkylation sites (N-methyl/N-ethyl adjacent to an activating group) is 1. The van der Waals surface area contributed by atoms with E-state index in [2.05, 4.69) is 39.3 Å². The Kier molecular flexibility index (Phi) is 7.17. The molecule has 2 N–H and O–H groups in total. The number of H-pyrrole nitrogens is 1. The van der Waals surface area contributed by atoms with Crippen LogP contribution in [-0.4, -0.2) is 70.9 Å². The van der Waals surface area contributed by atoms with E-state index in [1.165, 1.54) is 12.1 Å². The van der Waals surface area contributed by atoms with Gasteiger partial charge in [-0.05, 0) is 45.0 Å². The van der Waals surface area contributed by atoms with Crippen molar-refractivity contribution in [3.8, 4) is 0 Å². The molecule has 0 spiro atoms. The molecule has 2 atom stereocenters. The van der Waals surface area contributed by atoms with Gasteiger partial charge in [-0.1, -0.05) is 19.1 Å². The third-order valence-corrected chi connectivity index (χ3v) is 6.19. The number of guanidine groups is 1. The second-order valence-electron chi connectivity index (χ2n) is 8.85. The lowest BCUT2D eigenvalue weighted by Crippen LogP contribution is -2.47. The van der Waals surface area contributed by atoms with Crippen LogP contribution in [0.3, 0.4) is 0 Å². The highest BCUT2D eigenvalue weighted by atomic mass is 19.1. The molecule has 0 bridgehead atoms. The minimum Gasteiger partial charge on any atom is -0.338 e. The lowest BCUT2D eigenvalue weighted by atomic mass is 9.99. The number of rotatable bonds is 4. The van der Waals surface area contributed by atoms with Crippen molar-refractivity contribution in [2.24, 2.45) is 20.9 Å². The van der Waals surface area contributed by atoms with E-state index in [9.17, 15) is 4.39 Å². The Morgan fingerprint density at radius 1 is 1.18 bits per heavy atom. The fourth-order valence-electron chi connectivity index (χ4n) is 4.04. The molecular weight excluding hydrogens is 419 g/mol. The zero-order valence-electron chi connectivity index (χ0n) is 19.8. The molecule has 0 radical (unpaired) electrons. The number of halogens is 1. The summed E-state index contributed by atoms with van der Waals surface area (Å²) in [6, 6.07) is 8.37. The van der Waals surface area contributed by atoms with E-state index in [1.54, 1.807) is 12.1 Å². The standard InChI is InChI=1S/C24H33FN8/c1-5-18-15-21(27-22-14-16(2)30-31-22)28-24(33-12-10-32(4)11-13-33)29-23(18)26-17(3)19-6-8-20(25)9-7-19/h6-9,14,17-18H,5,10-13,15H2,1-4H3,(H2,26,27,28,29,30,31). The Morgan fingerprint density at radius 2 is 1.91 bits per heavy atom. The first-order chi connectivity index (χ1) is 15.9. The number of nitrogens with one attached hydrogen (secondary N) is 2. The predicted octanol–water partition coefficient (Wildman–Crippen LogP) is 3.86. The summed E-state index contributed by atoms with van der Waals surface area (Å²) in [6.07, 6.45) is 1.58. The lowest BCUT2D eigenvalue weighted by molar-refractivity contribution is 0.214. The van der Waals surface area contributed by atoms with Crippen molar-refractivity contribution in [3.05, 3.63) is 47.4 Å². The lowest BCUT2D eigenvalue weighted by Gasteiger charge is -2.33. The molecule has 1 aromatic carbocycles. The van der Waals surface area contributed by atoms with Crippen molar-refractivity contribution in [2.75, 3.05) is 38.5 Å². The number of aromatic nitrogens is 2. The van der Waals surface area contributed by atoms with E-state index >= 15 is 0 Å². The van der Waals surface area contributed by atoms with Crippen LogP contribution in [0.5, 0.6) is 0 Å². The Bertz CT molecular complexity index is 1030. The SMILES string of the molecule is CCC1CC(Nc2cc(C)[nH]n2)=NC(N2CCN(C)CC2)=NC1=NC(C)c1ccc(F)cc1. The second-order valence-corrected chi connectivity index (χ2v) is 8.85. The van der Waals surface area contributed by atoms with E-state index in [0.717, 1.165) is 61.3 Å². The molecule has 1 fully saturated rings. The van der Waals surface area contributed by atoms with Gasteiger partial charge in [0.25, 0.3) is 0 Å².